The average Bonchev–Trinajstić information content (AvgIpc) is 2.12. The summed E-state index contributed by atoms with van der Waals surface area (Å²) in [5, 5.41) is 0.0236. The third-order valence-corrected chi connectivity index (χ3v) is 2.03. The maximum atomic E-state index is 12.8. The fraction of sp³-hybridized carbons (Fsp3) is 0.125. The lowest BCUT2D eigenvalue weighted by atomic mass is 10.1. The molecule has 0 spiro atoms. The van der Waals surface area contributed by atoms with E-state index in [0.717, 1.165) is 12.1 Å². The van der Waals surface area contributed by atoms with Gasteiger partial charge in [-0.15, -0.1) is 0 Å². The van der Waals surface area contributed by atoms with Gasteiger partial charge in [-0.05, 0) is 12.1 Å². The lowest BCUT2D eigenvalue weighted by molar-refractivity contribution is 0.102. The van der Waals surface area contributed by atoms with Crippen LogP contribution in [-0.2, 0) is 0 Å². The molecule has 0 unspecified atom stereocenters. The van der Waals surface area contributed by atoms with Crippen molar-refractivity contribution in [1.29, 1.82) is 0 Å². The monoisotopic (exact) mass is 249 g/mol. The molecule has 13 heavy (non-hydrogen) atoms. The van der Waals surface area contributed by atoms with Crippen molar-refractivity contribution in [3.05, 3.63) is 29.3 Å². The number of halogens is 3. The molecule has 0 heterocycles. The van der Waals surface area contributed by atoms with Gasteiger partial charge in [-0.1, -0.05) is 15.9 Å². The first-order valence-corrected chi connectivity index (χ1v) is 4.52. The molecule has 0 aromatic heterocycles. The summed E-state index contributed by atoms with van der Waals surface area (Å²) in [5.74, 6) is -2.22. The second kappa shape index (κ2) is 3.83. The molecule has 2 nitrogen and oxygen atoms in total. The lowest BCUT2D eigenvalue weighted by Gasteiger charge is -2.01. The van der Waals surface area contributed by atoms with Gasteiger partial charge >= 0.3 is 0 Å². The molecule has 1 rings (SSSR count). The van der Waals surface area contributed by atoms with Crippen LogP contribution in [0.5, 0.6) is 0 Å². The minimum atomic E-state index is -0.913. The second-order valence-electron chi connectivity index (χ2n) is 2.41. The van der Waals surface area contributed by atoms with E-state index in [2.05, 4.69) is 15.9 Å². The summed E-state index contributed by atoms with van der Waals surface area (Å²) >= 11 is 2.89. The number of anilines is 1. The number of alkyl halides is 1. The Morgan fingerprint density at radius 1 is 1.38 bits per heavy atom. The van der Waals surface area contributed by atoms with Crippen molar-refractivity contribution in [3.8, 4) is 0 Å². The van der Waals surface area contributed by atoms with Crippen LogP contribution in [0.2, 0.25) is 0 Å². The van der Waals surface area contributed by atoms with E-state index in [1.165, 1.54) is 0 Å². The quantitative estimate of drug-likeness (QED) is 0.496. The topological polar surface area (TPSA) is 43.1 Å². The van der Waals surface area contributed by atoms with Crippen molar-refractivity contribution in [3.63, 3.8) is 0 Å². The summed E-state index contributed by atoms with van der Waals surface area (Å²) in [6, 6.07) is 1.84. The van der Waals surface area contributed by atoms with Crippen LogP contribution in [0.3, 0.4) is 0 Å². The van der Waals surface area contributed by atoms with E-state index in [1.807, 2.05) is 0 Å². The van der Waals surface area contributed by atoms with Gasteiger partial charge in [-0.25, -0.2) is 8.78 Å². The van der Waals surface area contributed by atoms with Gasteiger partial charge in [0.1, 0.15) is 17.3 Å². The van der Waals surface area contributed by atoms with Crippen LogP contribution >= 0.6 is 15.9 Å². The van der Waals surface area contributed by atoms with Crippen LogP contribution in [0.1, 0.15) is 10.4 Å². The number of carbonyl (C=O) groups is 1. The third-order valence-electron chi connectivity index (χ3n) is 1.52. The van der Waals surface area contributed by atoms with E-state index in [-0.39, 0.29) is 10.9 Å². The van der Waals surface area contributed by atoms with E-state index >= 15 is 0 Å². The Bertz CT molecular complexity index is 331. The first kappa shape index (κ1) is 10.1. The fourth-order valence-corrected chi connectivity index (χ4v) is 1.15. The molecule has 0 bridgehead atoms. The number of hydrogen-bond donors (Lipinski definition) is 1. The molecule has 70 valence electrons. The minimum Gasteiger partial charge on any atom is -0.394 e. The highest BCUT2D eigenvalue weighted by Gasteiger charge is 2.11. The molecule has 0 radical (unpaired) electrons. The molecule has 0 aliphatic rings. The van der Waals surface area contributed by atoms with E-state index < -0.39 is 23.1 Å². The molecular weight excluding hydrogens is 244 g/mol. The predicted molar refractivity (Wildman–Crippen MR) is 48.9 cm³/mol. The zero-order valence-electron chi connectivity index (χ0n) is 6.48. The highest BCUT2D eigenvalue weighted by molar-refractivity contribution is 9.09. The third kappa shape index (κ3) is 2.03. The van der Waals surface area contributed by atoms with Crippen molar-refractivity contribution in [2.24, 2.45) is 0 Å². The van der Waals surface area contributed by atoms with E-state index in [4.69, 9.17) is 5.73 Å². The Kier molecular flexibility index (Phi) is 2.98. The van der Waals surface area contributed by atoms with Gasteiger partial charge < -0.3 is 5.73 Å². The lowest BCUT2D eigenvalue weighted by Crippen LogP contribution is -2.04. The van der Waals surface area contributed by atoms with E-state index in [1.54, 1.807) is 0 Å². The standard InChI is InChI=1S/C8H6BrF2NO/c9-3-7(13)4-1-5(10)8(12)6(11)2-4/h1-2H,3,12H2. The molecule has 0 atom stereocenters. The zero-order valence-corrected chi connectivity index (χ0v) is 8.07. The number of nitrogens with two attached hydrogens (primary N) is 1. The summed E-state index contributed by atoms with van der Waals surface area (Å²) < 4.78 is 25.6. The fourth-order valence-electron chi connectivity index (χ4n) is 0.822. The number of Topliss-reactive ketones (excluding diaryl/α,β-unsaturated/α-hetero) is 1. The molecule has 0 fully saturated rings. The number of ketones is 1. The van der Waals surface area contributed by atoms with Crippen molar-refractivity contribution in [1.82, 2.24) is 0 Å². The Labute approximate surface area is 81.9 Å². The summed E-state index contributed by atoms with van der Waals surface area (Å²) in [6.45, 7) is 0. The number of hydrogen-bond acceptors (Lipinski definition) is 2. The molecule has 0 aliphatic heterocycles. The maximum absolute atomic E-state index is 12.8. The SMILES string of the molecule is Nc1c(F)cc(C(=O)CBr)cc1F. The van der Waals surface area contributed by atoms with Gasteiger partial charge in [-0.3, -0.25) is 4.79 Å². The van der Waals surface area contributed by atoms with Crippen molar-refractivity contribution in [2.75, 3.05) is 11.1 Å². The molecule has 1 aromatic carbocycles. The number of carbonyl (C=O) groups excluding carboxylic acids is 1. The Morgan fingerprint density at radius 2 is 1.85 bits per heavy atom. The molecule has 0 amide bonds. The number of rotatable bonds is 2. The smallest absolute Gasteiger partial charge is 0.173 e. The van der Waals surface area contributed by atoms with Crippen LogP contribution in [0.4, 0.5) is 14.5 Å². The van der Waals surface area contributed by atoms with Gasteiger partial charge in [0, 0.05) is 5.56 Å². The molecule has 5 heteroatoms. The molecule has 0 saturated carbocycles. The summed E-state index contributed by atoms with van der Waals surface area (Å²) in [6.07, 6.45) is 0. The summed E-state index contributed by atoms with van der Waals surface area (Å²) in [4.78, 5) is 11.0. The summed E-state index contributed by atoms with van der Waals surface area (Å²) in [7, 11) is 0. The van der Waals surface area contributed by atoms with Crippen LogP contribution in [-0.4, -0.2) is 11.1 Å². The van der Waals surface area contributed by atoms with Crippen LogP contribution < -0.4 is 5.73 Å². The van der Waals surface area contributed by atoms with Crippen LogP contribution in [0.25, 0.3) is 0 Å². The molecular formula is C8H6BrF2NO. The number of benzene rings is 1. The largest absolute Gasteiger partial charge is 0.394 e. The Morgan fingerprint density at radius 3 is 2.23 bits per heavy atom. The highest BCUT2D eigenvalue weighted by Crippen LogP contribution is 2.17. The van der Waals surface area contributed by atoms with E-state index in [9.17, 15) is 13.6 Å². The highest BCUT2D eigenvalue weighted by atomic mass is 79.9. The Hall–Kier alpha value is -0.970. The van der Waals surface area contributed by atoms with Crippen molar-refractivity contribution < 1.29 is 13.6 Å². The van der Waals surface area contributed by atoms with Gasteiger partial charge in [-0.2, -0.15) is 0 Å². The molecule has 0 saturated heterocycles. The first-order valence-electron chi connectivity index (χ1n) is 3.40. The van der Waals surface area contributed by atoms with Crippen LogP contribution in [0, 0.1) is 11.6 Å². The average molecular weight is 250 g/mol. The van der Waals surface area contributed by atoms with Gasteiger partial charge in [0.25, 0.3) is 0 Å². The van der Waals surface area contributed by atoms with Gasteiger partial charge in [0.2, 0.25) is 0 Å². The minimum absolute atomic E-state index is 0.0236. The summed E-state index contributed by atoms with van der Waals surface area (Å²) in [5.41, 5.74) is 4.43. The van der Waals surface area contributed by atoms with Crippen molar-refractivity contribution >= 4 is 27.4 Å². The molecule has 2 N–H and O–H groups in total. The van der Waals surface area contributed by atoms with E-state index in [0.29, 0.717) is 0 Å². The van der Waals surface area contributed by atoms with Gasteiger partial charge in [0.15, 0.2) is 5.78 Å². The van der Waals surface area contributed by atoms with Crippen LogP contribution in [0.15, 0.2) is 12.1 Å². The Balaban J connectivity index is 3.20. The normalized spacial score (nSPS) is 10.1. The maximum Gasteiger partial charge on any atom is 0.173 e. The number of nitrogen functional groups attached to an aromatic ring is 1. The molecule has 0 aliphatic carbocycles. The van der Waals surface area contributed by atoms with Crippen molar-refractivity contribution in [2.45, 2.75) is 0 Å². The van der Waals surface area contributed by atoms with Gasteiger partial charge in [0.05, 0.1) is 5.33 Å². The molecule has 1 aromatic rings. The predicted octanol–water partition coefficient (Wildman–Crippen LogP) is 2.12. The zero-order chi connectivity index (χ0) is 10.0. The second-order valence-corrected chi connectivity index (χ2v) is 2.97. The first-order chi connectivity index (χ1) is 6.06.